The highest BCUT2D eigenvalue weighted by Gasteiger charge is 2.57. The molecule has 6 fully saturated rings. The number of hydrogen-bond acceptors (Lipinski definition) is 32. The molecule has 0 radical (unpaired) electrons. The average Bonchev–Trinajstić information content (AvgIpc) is 3.37. The summed E-state index contributed by atoms with van der Waals surface area (Å²) in [5.74, 6) is 0. The van der Waals surface area contributed by atoms with Gasteiger partial charge in [0.2, 0.25) is 0 Å². The molecule has 21 N–H and O–H groups in total. The van der Waals surface area contributed by atoms with Gasteiger partial charge in [-0.25, -0.2) is 0 Å². The zero-order chi connectivity index (χ0) is 52.9. The van der Waals surface area contributed by atoms with Crippen LogP contribution in [0.25, 0.3) is 0 Å². The Kier molecular flexibility index (Phi) is 22.0. The van der Waals surface area contributed by atoms with Crippen LogP contribution in [0.4, 0.5) is 0 Å². The van der Waals surface area contributed by atoms with Crippen LogP contribution in [0.1, 0.15) is 12.8 Å². The Labute approximate surface area is 409 Å². The summed E-state index contributed by atoms with van der Waals surface area (Å²) in [6, 6.07) is 0. The quantitative estimate of drug-likeness (QED) is 0.0475. The molecule has 0 amide bonds. The van der Waals surface area contributed by atoms with Gasteiger partial charge in [0.25, 0.3) is 0 Å². The van der Waals surface area contributed by atoms with Crippen molar-refractivity contribution in [2.24, 2.45) is 5.73 Å². The molecule has 0 aliphatic carbocycles. The van der Waals surface area contributed by atoms with Crippen LogP contribution in [0.3, 0.4) is 0 Å². The standard InChI is InChI=1S/C40H71NO31/c41-2-1-3-61-34-25(55)20(50)32(15(8-45)65-34)72-39-33(59)40(60,4-12(5-42)63-39)11-62-35-26(56)21(51)29(14(7-44)66-35)70-37-28(58)23(53)31(17(10-47)68-37)71-38-27(57)22(52)30(16(9-46)67-38)69-36-24(54)19(49)18(48)13(6-43)64-36/h12-39,42-60H,1-11,41H2/t12?,13?,14?,15?,16?,17?,18-,19?,20?,21?,22?,23?,24+,25?,26?,27?,28?,29-,30+,31-,32-,33?,34-,35+,36-,37+,38-,39-,40?/m1/s1. The normalized spacial score (nSPS) is 50.5. The first-order valence-electron chi connectivity index (χ1n) is 23.2. The first-order chi connectivity index (χ1) is 34.2. The minimum absolute atomic E-state index is 0.0355. The monoisotopic (exact) mass is 1060 g/mol. The summed E-state index contributed by atoms with van der Waals surface area (Å²) >= 11 is 0. The van der Waals surface area contributed by atoms with E-state index in [2.05, 4.69) is 0 Å². The molecule has 0 spiro atoms. The maximum atomic E-state index is 11.7. The minimum atomic E-state index is -2.43. The van der Waals surface area contributed by atoms with Gasteiger partial charge in [0.1, 0.15) is 134 Å². The second-order valence-corrected chi connectivity index (χ2v) is 18.3. The number of rotatable bonds is 21. The molecule has 0 bridgehead atoms. The maximum absolute atomic E-state index is 11.7. The van der Waals surface area contributed by atoms with Crippen LogP contribution in [-0.4, -0.2) is 334 Å². The molecular formula is C40H71NO31. The second kappa shape index (κ2) is 26.4. The number of aliphatic hydroxyl groups is 19. The van der Waals surface area contributed by atoms with Gasteiger partial charge in [-0.3, -0.25) is 0 Å². The number of ether oxygens (including phenoxy) is 12. The largest absolute Gasteiger partial charge is 0.394 e. The molecule has 72 heavy (non-hydrogen) atoms. The zero-order valence-electron chi connectivity index (χ0n) is 38.4. The number of aliphatic hydroxyl groups excluding tert-OH is 18. The summed E-state index contributed by atoms with van der Waals surface area (Å²) < 4.78 is 66.9. The molecule has 32 heteroatoms. The van der Waals surface area contributed by atoms with Crippen molar-refractivity contribution in [1.29, 1.82) is 0 Å². The van der Waals surface area contributed by atoms with Crippen molar-refractivity contribution in [1.82, 2.24) is 0 Å². The van der Waals surface area contributed by atoms with E-state index in [4.69, 9.17) is 62.6 Å². The van der Waals surface area contributed by atoms with Gasteiger partial charge in [0.05, 0.1) is 59.0 Å². The summed E-state index contributed by atoms with van der Waals surface area (Å²) in [5, 5.41) is 202. The Morgan fingerprint density at radius 3 is 1.12 bits per heavy atom. The molecule has 6 heterocycles. The highest BCUT2D eigenvalue weighted by molar-refractivity contribution is 5.01. The molecular weight excluding hydrogens is 990 g/mol. The van der Waals surface area contributed by atoms with E-state index in [-0.39, 0.29) is 13.2 Å². The molecule has 6 rings (SSSR count). The van der Waals surface area contributed by atoms with E-state index >= 15 is 0 Å². The average molecular weight is 1060 g/mol. The van der Waals surface area contributed by atoms with Crippen LogP contribution < -0.4 is 5.73 Å². The van der Waals surface area contributed by atoms with E-state index in [1.807, 2.05) is 0 Å². The van der Waals surface area contributed by atoms with Gasteiger partial charge in [-0.1, -0.05) is 0 Å². The van der Waals surface area contributed by atoms with Gasteiger partial charge in [0.15, 0.2) is 37.7 Å². The molecule has 17 unspecified atom stereocenters. The predicted molar refractivity (Wildman–Crippen MR) is 221 cm³/mol. The van der Waals surface area contributed by atoms with Gasteiger partial charge in [-0.15, -0.1) is 0 Å². The van der Waals surface area contributed by atoms with Crippen molar-refractivity contribution in [2.45, 2.75) is 190 Å². The van der Waals surface area contributed by atoms with Crippen LogP contribution in [0.2, 0.25) is 0 Å². The smallest absolute Gasteiger partial charge is 0.187 e. The topological polar surface area (TPSA) is 521 Å². The fourth-order valence-electron chi connectivity index (χ4n) is 9.13. The van der Waals surface area contributed by atoms with Crippen LogP contribution in [0.5, 0.6) is 0 Å². The lowest BCUT2D eigenvalue weighted by Crippen LogP contribution is -2.68. The Morgan fingerprint density at radius 1 is 0.389 bits per heavy atom. The fraction of sp³-hybridized carbons (Fsp3) is 1.00. The van der Waals surface area contributed by atoms with E-state index in [1.165, 1.54) is 0 Å². The molecule has 422 valence electrons. The third kappa shape index (κ3) is 12.8. The molecule has 32 nitrogen and oxygen atoms in total. The van der Waals surface area contributed by atoms with Crippen LogP contribution in [0, 0.1) is 0 Å². The van der Waals surface area contributed by atoms with Crippen LogP contribution in [0.15, 0.2) is 0 Å². The van der Waals surface area contributed by atoms with Gasteiger partial charge >= 0.3 is 0 Å². The van der Waals surface area contributed by atoms with Gasteiger partial charge in [-0.2, -0.15) is 0 Å². The minimum Gasteiger partial charge on any atom is -0.394 e. The summed E-state index contributed by atoms with van der Waals surface area (Å²) in [6.07, 6.45) is -51.1. The molecule has 0 saturated carbocycles. The molecule has 6 aliphatic heterocycles. The third-order valence-corrected chi connectivity index (χ3v) is 13.3. The van der Waals surface area contributed by atoms with Gasteiger partial charge < -0.3 is 160 Å². The molecule has 29 atom stereocenters. The van der Waals surface area contributed by atoms with Crippen molar-refractivity contribution in [3.05, 3.63) is 0 Å². The lowest BCUT2D eigenvalue weighted by atomic mass is 9.87. The van der Waals surface area contributed by atoms with Gasteiger partial charge in [0, 0.05) is 6.42 Å². The van der Waals surface area contributed by atoms with Crippen molar-refractivity contribution in [3.8, 4) is 0 Å². The Balaban J connectivity index is 1.06. The third-order valence-electron chi connectivity index (χ3n) is 13.3. The van der Waals surface area contributed by atoms with Crippen LogP contribution >= 0.6 is 0 Å². The second-order valence-electron chi connectivity index (χ2n) is 18.3. The van der Waals surface area contributed by atoms with Crippen molar-refractivity contribution in [3.63, 3.8) is 0 Å². The Morgan fingerprint density at radius 2 is 0.736 bits per heavy atom. The summed E-state index contributed by atoms with van der Waals surface area (Å²) in [4.78, 5) is 0. The highest BCUT2D eigenvalue weighted by atomic mass is 16.8. The summed E-state index contributed by atoms with van der Waals surface area (Å²) in [6.45, 7) is -6.02. The Bertz CT molecular complexity index is 1610. The number of hydrogen-bond donors (Lipinski definition) is 20. The maximum Gasteiger partial charge on any atom is 0.187 e. The van der Waals surface area contributed by atoms with E-state index in [9.17, 15) is 97.0 Å². The fourth-order valence-corrected chi connectivity index (χ4v) is 9.13. The highest BCUT2D eigenvalue weighted by Crippen LogP contribution is 2.37. The van der Waals surface area contributed by atoms with E-state index in [1.54, 1.807) is 0 Å². The lowest BCUT2D eigenvalue weighted by molar-refractivity contribution is -0.390. The SMILES string of the molecule is NCCCO[C@@H]1OC(CO)[C@@H](O[C@H]2OC(CO)CC(O)(CO[C@H]3OC(CO)[C@@H](O[C@@H]4OC(CO)[C@@H](O[C@H]5OC(CO)[C@H](O[C@H]6OC(CO)[C@@H](O)C(O)[C@@H]6O)C(O)C5O)C(O)C4O)C(O)C3O)C2O)C(O)C1O. The summed E-state index contributed by atoms with van der Waals surface area (Å²) in [5.41, 5.74) is 3.03. The van der Waals surface area contributed by atoms with Gasteiger partial charge in [-0.05, 0) is 13.0 Å². The molecule has 0 aromatic heterocycles. The van der Waals surface area contributed by atoms with Crippen molar-refractivity contribution in [2.75, 3.05) is 59.4 Å². The first-order valence-corrected chi connectivity index (χ1v) is 23.2. The lowest BCUT2D eigenvalue weighted by Gasteiger charge is -2.49. The molecule has 6 saturated heterocycles. The van der Waals surface area contributed by atoms with E-state index in [0.29, 0.717) is 6.42 Å². The summed E-state index contributed by atoms with van der Waals surface area (Å²) in [7, 11) is 0. The van der Waals surface area contributed by atoms with Crippen LogP contribution in [-0.2, 0) is 56.8 Å². The van der Waals surface area contributed by atoms with E-state index in [0.717, 1.165) is 0 Å². The first kappa shape index (κ1) is 60.0. The molecule has 0 aromatic carbocycles. The van der Waals surface area contributed by atoms with Crippen molar-refractivity contribution < 1.29 is 154 Å². The number of nitrogens with two attached hydrogens (primary N) is 1. The predicted octanol–water partition coefficient (Wildman–Crippen LogP) is -13.3. The Hall–Kier alpha value is -1.28. The van der Waals surface area contributed by atoms with Crippen molar-refractivity contribution >= 4 is 0 Å². The van der Waals surface area contributed by atoms with E-state index < -0.39 is 230 Å². The molecule has 0 aromatic rings. The molecule has 6 aliphatic rings. The zero-order valence-corrected chi connectivity index (χ0v) is 38.4.